The molecule has 5 nitrogen and oxygen atoms in total. The van der Waals surface area contributed by atoms with Crippen LogP contribution < -0.4 is 4.74 Å². The predicted molar refractivity (Wildman–Crippen MR) is 102 cm³/mol. The van der Waals surface area contributed by atoms with Crippen LogP contribution >= 0.6 is 0 Å². The largest absolute Gasteiger partial charge is 0.497 e. The van der Waals surface area contributed by atoms with Crippen molar-refractivity contribution in [1.82, 2.24) is 9.55 Å². The lowest BCUT2D eigenvalue weighted by Gasteiger charge is -2.13. The number of imidazole rings is 1. The maximum atomic E-state index is 12.0. The normalized spacial score (nSPS) is 12.2. The minimum absolute atomic E-state index is 0.202. The van der Waals surface area contributed by atoms with Crippen LogP contribution in [0.1, 0.15) is 38.1 Å². The Morgan fingerprint density at radius 2 is 1.88 bits per heavy atom. The Bertz CT molecular complexity index is 913. The Morgan fingerprint density at radius 1 is 1.15 bits per heavy atom. The van der Waals surface area contributed by atoms with E-state index in [9.17, 15) is 4.79 Å². The van der Waals surface area contributed by atoms with Gasteiger partial charge in [0.25, 0.3) is 0 Å². The number of carbonyl (C=O) groups is 1. The number of ether oxygens (including phenoxy) is 2. The van der Waals surface area contributed by atoms with E-state index in [-0.39, 0.29) is 11.9 Å². The van der Waals surface area contributed by atoms with Crippen LogP contribution in [-0.2, 0) is 16.0 Å². The number of rotatable bonds is 6. The topological polar surface area (TPSA) is 53.4 Å². The molecule has 2 aromatic carbocycles. The molecule has 5 heteroatoms. The molecule has 0 saturated heterocycles. The molecule has 1 unspecified atom stereocenters. The highest BCUT2D eigenvalue weighted by Crippen LogP contribution is 2.27. The second-order valence-electron chi connectivity index (χ2n) is 6.14. The van der Waals surface area contributed by atoms with Gasteiger partial charge in [-0.15, -0.1) is 0 Å². The van der Waals surface area contributed by atoms with Gasteiger partial charge in [0.1, 0.15) is 11.6 Å². The lowest BCUT2D eigenvalue weighted by atomic mass is 10.0. The summed E-state index contributed by atoms with van der Waals surface area (Å²) in [7, 11) is 1.66. The van der Waals surface area contributed by atoms with Gasteiger partial charge in [0.05, 0.1) is 30.7 Å². The van der Waals surface area contributed by atoms with Crippen molar-refractivity contribution < 1.29 is 14.3 Å². The number of aryl methyl sites for hydroxylation is 1. The molecular weight excluding hydrogens is 328 g/mol. The molecule has 3 aromatic rings. The molecule has 0 aliphatic carbocycles. The Morgan fingerprint density at radius 3 is 2.50 bits per heavy atom. The minimum Gasteiger partial charge on any atom is -0.497 e. The summed E-state index contributed by atoms with van der Waals surface area (Å²) < 4.78 is 12.6. The SMILES string of the molecule is CCOC(=O)C(C)c1ccc(-n2c(CC)nc3ccc(OC)cc32)cc1. The molecule has 0 N–H and O–H groups in total. The van der Waals surface area contributed by atoms with E-state index in [0.29, 0.717) is 6.61 Å². The highest BCUT2D eigenvalue weighted by Gasteiger charge is 2.17. The maximum absolute atomic E-state index is 12.0. The highest BCUT2D eigenvalue weighted by molar-refractivity contribution is 5.80. The van der Waals surface area contributed by atoms with Crippen molar-refractivity contribution in [2.75, 3.05) is 13.7 Å². The first-order valence-corrected chi connectivity index (χ1v) is 8.91. The third kappa shape index (κ3) is 3.29. The van der Waals surface area contributed by atoms with Gasteiger partial charge in [-0.1, -0.05) is 19.1 Å². The van der Waals surface area contributed by atoms with Gasteiger partial charge in [0, 0.05) is 18.2 Å². The lowest BCUT2D eigenvalue weighted by molar-refractivity contribution is -0.144. The molecule has 0 aliphatic heterocycles. The van der Waals surface area contributed by atoms with Crippen molar-refractivity contribution in [1.29, 1.82) is 0 Å². The van der Waals surface area contributed by atoms with E-state index >= 15 is 0 Å². The van der Waals surface area contributed by atoms with Crippen LogP contribution in [0.3, 0.4) is 0 Å². The van der Waals surface area contributed by atoms with E-state index in [0.717, 1.165) is 40.3 Å². The maximum Gasteiger partial charge on any atom is 0.313 e. The molecule has 26 heavy (non-hydrogen) atoms. The van der Waals surface area contributed by atoms with Gasteiger partial charge in [0.2, 0.25) is 0 Å². The van der Waals surface area contributed by atoms with Crippen LogP contribution in [0.25, 0.3) is 16.7 Å². The standard InChI is InChI=1S/C21H24N2O3/c1-5-20-22-18-12-11-17(25-4)13-19(18)23(20)16-9-7-15(8-10-16)14(3)21(24)26-6-2/h7-14H,5-6H2,1-4H3. The van der Waals surface area contributed by atoms with Gasteiger partial charge < -0.3 is 9.47 Å². The smallest absolute Gasteiger partial charge is 0.313 e. The molecule has 0 amide bonds. The first-order chi connectivity index (χ1) is 12.6. The van der Waals surface area contributed by atoms with E-state index in [1.807, 2.05) is 56.3 Å². The van der Waals surface area contributed by atoms with Gasteiger partial charge >= 0.3 is 5.97 Å². The summed E-state index contributed by atoms with van der Waals surface area (Å²) in [6.07, 6.45) is 0.817. The summed E-state index contributed by atoms with van der Waals surface area (Å²) in [5.41, 5.74) is 3.89. The van der Waals surface area contributed by atoms with Crippen molar-refractivity contribution in [2.45, 2.75) is 33.1 Å². The van der Waals surface area contributed by atoms with Gasteiger partial charge in [-0.2, -0.15) is 0 Å². The zero-order valence-corrected chi connectivity index (χ0v) is 15.7. The van der Waals surface area contributed by atoms with Crippen LogP contribution in [0.15, 0.2) is 42.5 Å². The molecule has 0 bridgehead atoms. The average Bonchev–Trinajstić information content (AvgIpc) is 3.05. The number of nitrogens with zero attached hydrogens (tertiary/aromatic N) is 2. The van der Waals surface area contributed by atoms with E-state index < -0.39 is 0 Å². The first kappa shape index (κ1) is 18.0. The second kappa shape index (κ2) is 7.60. The summed E-state index contributed by atoms with van der Waals surface area (Å²) in [6.45, 7) is 6.16. The number of hydrogen-bond donors (Lipinski definition) is 0. The average molecular weight is 352 g/mol. The van der Waals surface area contributed by atoms with Crippen LogP contribution in [0.5, 0.6) is 5.75 Å². The zero-order valence-electron chi connectivity index (χ0n) is 15.7. The van der Waals surface area contributed by atoms with Crippen molar-refractivity contribution in [2.24, 2.45) is 0 Å². The summed E-state index contributed by atoms with van der Waals surface area (Å²) in [5, 5.41) is 0. The number of hydrogen-bond acceptors (Lipinski definition) is 4. The lowest BCUT2D eigenvalue weighted by Crippen LogP contribution is -2.13. The number of esters is 1. The molecule has 0 radical (unpaired) electrons. The highest BCUT2D eigenvalue weighted by atomic mass is 16.5. The minimum atomic E-state index is -0.283. The summed E-state index contributed by atoms with van der Waals surface area (Å²) in [5.74, 6) is 1.30. The van der Waals surface area contributed by atoms with Crippen molar-refractivity contribution in [3.05, 3.63) is 53.9 Å². The van der Waals surface area contributed by atoms with E-state index in [1.165, 1.54) is 0 Å². The number of carbonyl (C=O) groups excluding carboxylic acids is 1. The van der Waals surface area contributed by atoms with Crippen LogP contribution in [-0.4, -0.2) is 29.2 Å². The summed E-state index contributed by atoms with van der Waals surface area (Å²) in [4.78, 5) is 16.7. The van der Waals surface area contributed by atoms with Crippen LogP contribution in [0, 0.1) is 0 Å². The molecule has 1 aromatic heterocycles. The second-order valence-corrected chi connectivity index (χ2v) is 6.14. The van der Waals surface area contributed by atoms with Gasteiger partial charge in [-0.3, -0.25) is 9.36 Å². The molecule has 1 heterocycles. The molecule has 1 atom stereocenters. The van der Waals surface area contributed by atoms with Gasteiger partial charge in [0.15, 0.2) is 0 Å². The fourth-order valence-electron chi connectivity index (χ4n) is 3.07. The number of aromatic nitrogens is 2. The Labute approximate surface area is 153 Å². The fourth-order valence-corrected chi connectivity index (χ4v) is 3.07. The third-order valence-electron chi connectivity index (χ3n) is 4.54. The fraction of sp³-hybridized carbons (Fsp3) is 0.333. The first-order valence-electron chi connectivity index (χ1n) is 8.91. The summed E-state index contributed by atoms with van der Waals surface area (Å²) >= 11 is 0. The molecule has 0 fully saturated rings. The van der Waals surface area contributed by atoms with E-state index in [1.54, 1.807) is 7.11 Å². The zero-order chi connectivity index (χ0) is 18.7. The Kier molecular flexibility index (Phi) is 5.26. The van der Waals surface area contributed by atoms with Crippen molar-refractivity contribution in [3.8, 4) is 11.4 Å². The molecule has 136 valence electrons. The molecule has 0 aliphatic rings. The third-order valence-corrected chi connectivity index (χ3v) is 4.54. The Balaban J connectivity index is 2.02. The van der Waals surface area contributed by atoms with Crippen LogP contribution in [0.4, 0.5) is 0 Å². The van der Waals surface area contributed by atoms with Crippen LogP contribution in [0.2, 0.25) is 0 Å². The van der Waals surface area contributed by atoms with E-state index in [4.69, 9.17) is 14.5 Å². The van der Waals surface area contributed by atoms with Crippen molar-refractivity contribution in [3.63, 3.8) is 0 Å². The number of methoxy groups -OCH3 is 1. The quantitative estimate of drug-likeness (QED) is 0.622. The Hall–Kier alpha value is -2.82. The number of fused-ring (bicyclic) bond motifs is 1. The van der Waals surface area contributed by atoms with E-state index in [2.05, 4.69) is 11.5 Å². The van der Waals surface area contributed by atoms with Gasteiger partial charge in [-0.25, -0.2) is 4.98 Å². The predicted octanol–water partition coefficient (Wildman–Crippen LogP) is 4.26. The molecule has 0 spiro atoms. The molecule has 0 saturated carbocycles. The monoisotopic (exact) mass is 352 g/mol. The number of benzene rings is 2. The van der Waals surface area contributed by atoms with Gasteiger partial charge in [-0.05, 0) is 43.7 Å². The molecular formula is C21H24N2O3. The summed E-state index contributed by atoms with van der Waals surface area (Å²) in [6, 6.07) is 13.9. The van der Waals surface area contributed by atoms with Crippen molar-refractivity contribution >= 4 is 17.0 Å². The molecule has 3 rings (SSSR count).